The van der Waals surface area contributed by atoms with Gasteiger partial charge in [0.25, 0.3) is 5.56 Å². The number of rotatable bonds is 4. The number of esters is 1. The zero-order valence-corrected chi connectivity index (χ0v) is 16.3. The highest BCUT2D eigenvalue weighted by Crippen LogP contribution is 2.32. The van der Waals surface area contributed by atoms with E-state index in [9.17, 15) is 9.59 Å². The smallest absolute Gasteiger partial charge is 0.348 e. The SMILES string of the molecule is CCOC(=O)c1sc2nc(C)n(/N=C\c3ccc4c(c3)OCO4)c(=O)c2c1C. The molecule has 2 aromatic heterocycles. The zero-order chi connectivity index (χ0) is 19.8. The third-order valence-corrected chi connectivity index (χ3v) is 5.45. The minimum Gasteiger partial charge on any atom is -0.462 e. The highest BCUT2D eigenvalue weighted by Gasteiger charge is 2.21. The second-order valence-corrected chi connectivity index (χ2v) is 7.09. The number of aromatic nitrogens is 2. The molecule has 0 radical (unpaired) electrons. The Morgan fingerprint density at radius 3 is 2.93 bits per heavy atom. The fourth-order valence-corrected chi connectivity index (χ4v) is 4.03. The first-order valence-corrected chi connectivity index (χ1v) is 9.45. The van der Waals surface area contributed by atoms with E-state index < -0.39 is 5.97 Å². The van der Waals surface area contributed by atoms with Crippen LogP contribution in [0.2, 0.25) is 0 Å². The maximum atomic E-state index is 13.0. The Morgan fingerprint density at radius 1 is 1.36 bits per heavy atom. The van der Waals surface area contributed by atoms with E-state index in [-0.39, 0.29) is 19.0 Å². The molecule has 0 saturated carbocycles. The Hall–Kier alpha value is -3.20. The molecule has 144 valence electrons. The molecule has 3 heterocycles. The highest BCUT2D eigenvalue weighted by atomic mass is 32.1. The lowest BCUT2D eigenvalue weighted by molar-refractivity contribution is 0.0531. The molecule has 0 N–H and O–H groups in total. The second kappa shape index (κ2) is 7.08. The quantitative estimate of drug-likeness (QED) is 0.495. The molecule has 1 aromatic carbocycles. The van der Waals surface area contributed by atoms with Gasteiger partial charge in [0.05, 0.1) is 18.2 Å². The van der Waals surface area contributed by atoms with Crippen molar-refractivity contribution in [1.82, 2.24) is 9.66 Å². The van der Waals surface area contributed by atoms with Crippen LogP contribution < -0.4 is 15.0 Å². The normalized spacial score (nSPS) is 12.8. The summed E-state index contributed by atoms with van der Waals surface area (Å²) in [6, 6.07) is 5.39. The van der Waals surface area contributed by atoms with Gasteiger partial charge in [0.2, 0.25) is 6.79 Å². The van der Waals surface area contributed by atoms with Gasteiger partial charge in [-0.25, -0.2) is 9.78 Å². The molecule has 0 spiro atoms. The lowest BCUT2D eigenvalue weighted by Gasteiger charge is -2.04. The van der Waals surface area contributed by atoms with Crippen molar-refractivity contribution in [2.45, 2.75) is 20.8 Å². The van der Waals surface area contributed by atoms with Crippen LogP contribution in [0.3, 0.4) is 0 Å². The third kappa shape index (κ3) is 3.03. The molecule has 8 nitrogen and oxygen atoms in total. The van der Waals surface area contributed by atoms with E-state index in [0.717, 1.165) is 16.9 Å². The molecule has 3 aromatic rings. The van der Waals surface area contributed by atoms with Crippen molar-refractivity contribution in [3.8, 4) is 11.5 Å². The molecule has 4 rings (SSSR count). The maximum absolute atomic E-state index is 13.0. The number of hydrogen-bond donors (Lipinski definition) is 0. The van der Waals surface area contributed by atoms with Crippen molar-refractivity contribution in [3.63, 3.8) is 0 Å². The monoisotopic (exact) mass is 399 g/mol. The summed E-state index contributed by atoms with van der Waals surface area (Å²) in [7, 11) is 0. The van der Waals surface area contributed by atoms with Crippen LogP contribution in [0.15, 0.2) is 28.1 Å². The highest BCUT2D eigenvalue weighted by molar-refractivity contribution is 7.20. The second-order valence-electron chi connectivity index (χ2n) is 6.09. The van der Waals surface area contributed by atoms with Crippen molar-refractivity contribution in [2.75, 3.05) is 13.4 Å². The van der Waals surface area contributed by atoms with Crippen molar-refractivity contribution < 1.29 is 19.0 Å². The molecular formula is C19H17N3O5S. The summed E-state index contributed by atoms with van der Waals surface area (Å²) in [4.78, 5) is 30.4. The van der Waals surface area contributed by atoms with Crippen LogP contribution in [0.4, 0.5) is 0 Å². The molecule has 1 aliphatic rings. The van der Waals surface area contributed by atoms with Gasteiger partial charge in [0.1, 0.15) is 15.5 Å². The van der Waals surface area contributed by atoms with E-state index in [1.54, 1.807) is 39.1 Å². The number of benzene rings is 1. The Kier molecular flexibility index (Phi) is 4.60. The number of ether oxygens (including phenoxy) is 3. The first-order chi connectivity index (χ1) is 13.5. The van der Waals surface area contributed by atoms with E-state index in [2.05, 4.69) is 10.1 Å². The molecule has 0 fully saturated rings. The first kappa shape index (κ1) is 18.2. The minimum absolute atomic E-state index is 0.190. The van der Waals surface area contributed by atoms with Crippen LogP contribution in [0, 0.1) is 13.8 Å². The van der Waals surface area contributed by atoms with Gasteiger partial charge in [0.15, 0.2) is 11.5 Å². The van der Waals surface area contributed by atoms with Gasteiger partial charge in [-0.1, -0.05) is 0 Å². The summed E-state index contributed by atoms with van der Waals surface area (Å²) in [5.74, 6) is 1.28. The maximum Gasteiger partial charge on any atom is 0.348 e. The van der Waals surface area contributed by atoms with Crippen molar-refractivity contribution >= 4 is 33.7 Å². The standard InChI is InChI=1S/C19H17N3O5S/c1-4-25-19(24)16-10(2)15-17(28-16)21-11(3)22(18(15)23)20-8-12-5-6-13-14(7-12)27-9-26-13/h5-8H,4,9H2,1-3H3/b20-8-. The Morgan fingerprint density at radius 2 is 2.14 bits per heavy atom. The average molecular weight is 399 g/mol. The topological polar surface area (TPSA) is 92.0 Å². The molecule has 1 aliphatic heterocycles. The fraction of sp³-hybridized carbons (Fsp3) is 0.263. The third-order valence-electron chi connectivity index (χ3n) is 4.28. The number of thiophene rings is 1. The molecule has 0 aliphatic carbocycles. The van der Waals surface area contributed by atoms with Gasteiger partial charge in [0, 0.05) is 0 Å². The number of fused-ring (bicyclic) bond motifs is 2. The van der Waals surface area contributed by atoms with Crippen molar-refractivity contribution in [3.05, 3.63) is 50.4 Å². The van der Waals surface area contributed by atoms with Crippen LogP contribution in [0.5, 0.6) is 11.5 Å². The van der Waals surface area contributed by atoms with Gasteiger partial charge >= 0.3 is 5.97 Å². The molecule has 0 amide bonds. The van der Waals surface area contributed by atoms with E-state index in [4.69, 9.17) is 14.2 Å². The summed E-state index contributed by atoms with van der Waals surface area (Å²) in [6.45, 7) is 5.60. The van der Waals surface area contributed by atoms with Crippen LogP contribution in [-0.2, 0) is 4.74 Å². The minimum atomic E-state index is -0.449. The van der Waals surface area contributed by atoms with E-state index in [1.807, 2.05) is 6.07 Å². The number of nitrogens with zero attached hydrogens (tertiary/aromatic N) is 3. The Balaban J connectivity index is 1.76. The summed E-state index contributed by atoms with van der Waals surface area (Å²) < 4.78 is 16.9. The zero-order valence-electron chi connectivity index (χ0n) is 15.5. The molecular weight excluding hydrogens is 382 g/mol. The average Bonchev–Trinajstić information content (AvgIpc) is 3.25. The predicted molar refractivity (Wildman–Crippen MR) is 105 cm³/mol. The Labute approximate surface area is 164 Å². The van der Waals surface area contributed by atoms with Crippen molar-refractivity contribution in [2.24, 2.45) is 5.10 Å². The summed E-state index contributed by atoms with van der Waals surface area (Å²) in [6.07, 6.45) is 1.55. The van der Waals surface area contributed by atoms with E-state index >= 15 is 0 Å². The first-order valence-electron chi connectivity index (χ1n) is 8.63. The summed E-state index contributed by atoms with van der Waals surface area (Å²) >= 11 is 1.16. The van der Waals surface area contributed by atoms with Crippen LogP contribution in [0.25, 0.3) is 10.2 Å². The van der Waals surface area contributed by atoms with Crippen LogP contribution in [0.1, 0.15) is 33.5 Å². The van der Waals surface area contributed by atoms with E-state index in [1.165, 1.54) is 4.68 Å². The molecule has 0 atom stereocenters. The molecule has 0 bridgehead atoms. The summed E-state index contributed by atoms with van der Waals surface area (Å²) in [5.41, 5.74) is 0.983. The van der Waals surface area contributed by atoms with E-state index in [0.29, 0.717) is 38.0 Å². The number of carbonyl (C=O) groups is 1. The van der Waals surface area contributed by atoms with Gasteiger partial charge in [-0.3, -0.25) is 4.79 Å². The van der Waals surface area contributed by atoms with Crippen LogP contribution >= 0.6 is 11.3 Å². The lowest BCUT2D eigenvalue weighted by Crippen LogP contribution is -2.20. The van der Waals surface area contributed by atoms with Crippen LogP contribution in [-0.4, -0.2) is 35.2 Å². The Bertz CT molecular complexity index is 1180. The molecule has 0 saturated heterocycles. The number of aryl methyl sites for hydroxylation is 2. The largest absolute Gasteiger partial charge is 0.462 e. The van der Waals surface area contributed by atoms with Gasteiger partial charge in [-0.15, -0.1) is 11.3 Å². The number of hydrogen-bond acceptors (Lipinski definition) is 8. The van der Waals surface area contributed by atoms with Gasteiger partial charge < -0.3 is 14.2 Å². The molecule has 9 heteroatoms. The fourth-order valence-electron chi connectivity index (χ4n) is 2.92. The lowest BCUT2D eigenvalue weighted by atomic mass is 10.2. The van der Waals surface area contributed by atoms with Gasteiger partial charge in [-0.2, -0.15) is 9.78 Å². The summed E-state index contributed by atoms with van der Waals surface area (Å²) in [5, 5.41) is 4.67. The number of carbonyl (C=O) groups excluding carboxylic acids is 1. The molecule has 28 heavy (non-hydrogen) atoms. The predicted octanol–water partition coefficient (Wildman–Crippen LogP) is 2.86. The molecule has 0 unspecified atom stereocenters. The van der Waals surface area contributed by atoms with Gasteiger partial charge in [-0.05, 0) is 50.1 Å². The van der Waals surface area contributed by atoms with Crippen molar-refractivity contribution in [1.29, 1.82) is 0 Å².